The fraction of sp³-hybridized carbons (Fsp3) is 0.350. The van der Waals surface area contributed by atoms with Crippen molar-refractivity contribution in [3.8, 4) is 6.07 Å². The fourth-order valence-electron chi connectivity index (χ4n) is 3.81. The van der Waals surface area contributed by atoms with Gasteiger partial charge in [0.25, 0.3) is 0 Å². The van der Waals surface area contributed by atoms with E-state index in [0.29, 0.717) is 17.7 Å². The molecule has 3 N–H and O–H groups in total. The summed E-state index contributed by atoms with van der Waals surface area (Å²) >= 11 is 0. The second-order valence-electron chi connectivity index (χ2n) is 7.67. The highest BCUT2D eigenvalue weighted by atomic mass is 19.1. The highest BCUT2D eigenvalue weighted by Gasteiger charge is 2.45. The molecule has 140 valence electrons. The molecule has 0 aromatic heterocycles. The molecule has 1 aliphatic heterocycles. The summed E-state index contributed by atoms with van der Waals surface area (Å²) in [4.78, 5) is 24.7. The summed E-state index contributed by atoms with van der Waals surface area (Å²) < 4.78 is 14.6. The minimum absolute atomic E-state index is 0.00482. The van der Waals surface area contributed by atoms with Crippen LogP contribution in [-0.2, 0) is 9.59 Å². The van der Waals surface area contributed by atoms with Crippen molar-refractivity contribution in [2.75, 3.05) is 0 Å². The number of nitriles is 1. The van der Waals surface area contributed by atoms with Crippen LogP contribution < -0.4 is 11.2 Å². The normalized spacial score (nSPS) is 21.7. The van der Waals surface area contributed by atoms with E-state index in [1.54, 1.807) is 18.2 Å². The van der Waals surface area contributed by atoms with Crippen LogP contribution >= 0.6 is 0 Å². The average Bonchev–Trinajstić information content (AvgIpc) is 2.56. The van der Waals surface area contributed by atoms with Gasteiger partial charge in [0.15, 0.2) is 5.78 Å². The van der Waals surface area contributed by atoms with E-state index in [1.165, 1.54) is 18.0 Å². The fourth-order valence-corrected chi connectivity index (χ4v) is 3.81. The Labute approximate surface area is 157 Å². The Hall–Kier alpha value is -3.14. The van der Waals surface area contributed by atoms with Crippen LogP contribution in [0.25, 0.3) is 0 Å². The van der Waals surface area contributed by atoms with Crippen LogP contribution in [-0.4, -0.2) is 16.7 Å². The zero-order valence-corrected chi connectivity index (χ0v) is 15.5. The first kappa shape index (κ1) is 18.6. The first-order chi connectivity index (χ1) is 12.7. The first-order valence-electron chi connectivity index (χ1n) is 8.64. The number of benzene rings is 1. The standard InChI is InChI=1S/C20H21FN4O2/c1-11(26)24-25-15-8-20(2,3)9-16(27)18(15)17(13(10-22)19(25)23)12-6-4-5-7-14(12)21/h4-7,17H,8-9,23H2,1-3H3,(H,24,26). The van der Waals surface area contributed by atoms with Crippen molar-refractivity contribution in [1.29, 1.82) is 5.26 Å². The number of nitrogens with one attached hydrogen (secondary N) is 1. The van der Waals surface area contributed by atoms with E-state index >= 15 is 0 Å². The second kappa shape index (κ2) is 6.54. The third kappa shape index (κ3) is 3.19. The maximum atomic E-state index is 14.6. The van der Waals surface area contributed by atoms with Crippen LogP contribution in [0, 0.1) is 22.6 Å². The van der Waals surface area contributed by atoms with Gasteiger partial charge >= 0.3 is 0 Å². The van der Waals surface area contributed by atoms with Gasteiger partial charge < -0.3 is 5.73 Å². The van der Waals surface area contributed by atoms with Gasteiger partial charge in [0.2, 0.25) is 5.91 Å². The van der Waals surface area contributed by atoms with Crippen molar-refractivity contribution in [2.45, 2.75) is 39.5 Å². The number of rotatable bonds is 2. The highest BCUT2D eigenvalue weighted by molar-refractivity contribution is 6.00. The van der Waals surface area contributed by atoms with Gasteiger partial charge in [0, 0.05) is 24.5 Å². The molecule has 0 saturated heterocycles. The van der Waals surface area contributed by atoms with E-state index < -0.39 is 11.7 Å². The predicted octanol–water partition coefficient (Wildman–Crippen LogP) is 2.61. The van der Waals surface area contributed by atoms with Crippen LogP contribution in [0.1, 0.15) is 45.1 Å². The van der Waals surface area contributed by atoms with E-state index in [9.17, 15) is 19.2 Å². The van der Waals surface area contributed by atoms with Crippen molar-refractivity contribution >= 4 is 11.7 Å². The SMILES string of the molecule is CC(=O)NN1C(N)=C(C#N)C(c2ccccc2F)C2=C1CC(C)(C)CC2=O. The molecule has 1 unspecified atom stereocenters. The minimum Gasteiger partial charge on any atom is -0.383 e. The van der Waals surface area contributed by atoms with Gasteiger partial charge in [0.1, 0.15) is 11.6 Å². The molecule has 1 heterocycles. The zero-order valence-electron chi connectivity index (χ0n) is 15.5. The summed E-state index contributed by atoms with van der Waals surface area (Å²) in [5.74, 6) is -1.96. The van der Waals surface area contributed by atoms with Crippen LogP contribution in [0.2, 0.25) is 0 Å². The Balaban J connectivity index is 2.29. The first-order valence-corrected chi connectivity index (χ1v) is 8.64. The maximum Gasteiger partial charge on any atom is 0.235 e. The minimum atomic E-state index is -0.889. The van der Waals surface area contributed by atoms with Crippen LogP contribution in [0.5, 0.6) is 0 Å². The molecule has 0 radical (unpaired) electrons. The molecule has 27 heavy (non-hydrogen) atoms. The molecular weight excluding hydrogens is 347 g/mol. The van der Waals surface area contributed by atoms with Crippen LogP contribution in [0.4, 0.5) is 4.39 Å². The zero-order chi connectivity index (χ0) is 19.9. The second-order valence-corrected chi connectivity index (χ2v) is 7.67. The van der Waals surface area contributed by atoms with Gasteiger partial charge in [-0.1, -0.05) is 32.0 Å². The smallest absolute Gasteiger partial charge is 0.235 e. The van der Waals surface area contributed by atoms with Crippen molar-refractivity contribution in [3.63, 3.8) is 0 Å². The summed E-state index contributed by atoms with van der Waals surface area (Å²) in [6.45, 7) is 5.20. The molecule has 1 aromatic carbocycles. The number of ketones is 1. The molecule has 1 amide bonds. The Kier molecular flexibility index (Phi) is 4.52. The molecule has 2 aliphatic rings. The van der Waals surface area contributed by atoms with Gasteiger partial charge in [-0.2, -0.15) is 5.26 Å². The number of allylic oxidation sites excluding steroid dienone is 3. The van der Waals surface area contributed by atoms with Gasteiger partial charge in [-0.3, -0.25) is 15.0 Å². The Morgan fingerprint density at radius 1 is 1.37 bits per heavy atom. The molecule has 0 bridgehead atoms. The number of nitrogens with zero attached hydrogens (tertiary/aromatic N) is 2. The third-order valence-electron chi connectivity index (χ3n) is 4.87. The molecule has 7 heteroatoms. The lowest BCUT2D eigenvalue weighted by Gasteiger charge is -2.43. The number of nitrogens with two attached hydrogens (primary N) is 1. The Bertz CT molecular complexity index is 940. The molecular formula is C20H21FN4O2. The topological polar surface area (TPSA) is 99.2 Å². The van der Waals surface area contributed by atoms with Gasteiger partial charge in [-0.15, -0.1) is 0 Å². The number of carbonyl (C=O) groups excluding carboxylic acids is 2. The van der Waals surface area contributed by atoms with Gasteiger partial charge in [0.05, 0.1) is 23.3 Å². The van der Waals surface area contributed by atoms with Gasteiger partial charge in [-0.25, -0.2) is 9.40 Å². The van der Waals surface area contributed by atoms with E-state index in [4.69, 9.17) is 5.73 Å². The number of hydrazine groups is 1. The summed E-state index contributed by atoms with van der Waals surface area (Å²) in [6.07, 6.45) is 0.724. The van der Waals surface area contributed by atoms with Crippen LogP contribution in [0.3, 0.4) is 0 Å². The average molecular weight is 368 g/mol. The summed E-state index contributed by atoms with van der Waals surface area (Å²) in [6, 6.07) is 8.06. The Morgan fingerprint density at radius 2 is 2.04 bits per heavy atom. The summed E-state index contributed by atoms with van der Waals surface area (Å²) in [7, 11) is 0. The molecule has 3 rings (SSSR count). The number of hydrogen-bond acceptors (Lipinski definition) is 5. The third-order valence-corrected chi connectivity index (χ3v) is 4.87. The number of halogens is 1. The molecule has 0 saturated carbocycles. The molecule has 1 aliphatic carbocycles. The lowest BCUT2D eigenvalue weighted by Crippen LogP contribution is -2.49. The summed E-state index contributed by atoms with van der Waals surface area (Å²) in [5.41, 5.74) is 9.54. The van der Waals surface area contributed by atoms with Gasteiger partial charge in [-0.05, 0) is 17.9 Å². The lowest BCUT2D eigenvalue weighted by atomic mass is 9.69. The number of Topliss-reactive ketones (excluding diaryl/α,β-unsaturated/α-hetero) is 1. The number of hydrogen-bond donors (Lipinski definition) is 2. The monoisotopic (exact) mass is 368 g/mol. The molecule has 1 aromatic rings. The van der Waals surface area contributed by atoms with Crippen molar-refractivity contribution in [1.82, 2.24) is 10.4 Å². The van der Waals surface area contributed by atoms with Crippen LogP contribution in [0.15, 0.2) is 46.9 Å². The van der Waals surface area contributed by atoms with Crippen molar-refractivity contribution in [2.24, 2.45) is 11.1 Å². The van der Waals surface area contributed by atoms with E-state index in [2.05, 4.69) is 5.43 Å². The van der Waals surface area contributed by atoms with E-state index in [1.807, 2.05) is 19.9 Å². The largest absolute Gasteiger partial charge is 0.383 e. The maximum absolute atomic E-state index is 14.6. The highest BCUT2D eigenvalue weighted by Crippen LogP contribution is 2.48. The lowest BCUT2D eigenvalue weighted by molar-refractivity contribution is -0.123. The van der Waals surface area contributed by atoms with Crippen molar-refractivity contribution < 1.29 is 14.0 Å². The summed E-state index contributed by atoms with van der Waals surface area (Å²) in [5, 5.41) is 11.0. The predicted molar refractivity (Wildman–Crippen MR) is 96.7 cm³/mol. The molecule has 6 nitrogen and oxygen atoms in total. The molecule has 0 spiro atoms. The molecule has 0 fully saturated rings. The number of amides is 1. The quantitative estimate of drug-likeness (QED) is 0.836. The Morgan fingerprint density at radius 3 is 2.63 bits per heavy atom. The number of carbonyl (C=O) groups is 2. The van der Waals surface area contributed by atoms with E-state index in [0.717, 1.165) is 0 Å². The van der Waals surface area contributed by atoms with Crippen molar-refractivity contribution in [3.05, 3.63) is 58.3 Å². The van der Waals surface area contributed by atoms with E-state index in [-0.39, 0.29) is 40.5 Å². The molecule has 1 atom stereocenters.